The number of amides is 1. The minimum absolute atomic E-state index is 0.223. The van der Waals surface area contributed by atoms with E-state index in [1.54, 1.807) is 12.0 Å². The Morgan fingerprint density at radius 1 is 1.29 bits per heavy atom. The Balaban J connectivity index is 1.92. The zero-order chi connectivity index (χ0) is 15.2. The van der Waals surface area contributed by atoms with Gasteiger partial charge in [-0.3, -0.25) is 4.90 Å². The molecule has 116 valence electrons. The molecule has 1 aromatic carbocycles. The highest BCUT2D eigenvalue weighted by Crippen LogP contribution is 2.23. The Bertz CT molecular complexity index is 485. The number of benzene rings is 1. The third kappa shape index (κ3) is 4.01. The van der Waals surface area contributed by atoms with Crippen molar-refractivity contribution >= 4 is 11.8 Å². The first kappa shape index (κ1) is 15.4. The van der Waals surface area contributed by atoms with Crippen LogP contribution in [0.2, 0.25) is 0 Å². The van der Waals surface area contributed by atoms with Gasteiger partial charge in [0.05, 0.1) is 13.7 Å². The van der Waals surface area contributed by atoms with Crippen LogP contribution in [0.4, 0.5) is 10.5 Å². The number of ether oxygens (including phenoxy) is 2. The van der Waals surface area contributed by atoms with Gasteiger partial charge in [-0.15, -0.1) is 0 Å². The predicted molar refractivity (Wildman–Crippen MR) is 81.3 cm³/mol. The fourth-order valence-corrected chi connectivity index (χ4v) is 2.47. The van der Waals surface area contributed by atoms with Gasteiger partial charge in [-0.1, -0.05) is 0 Å². The average Bonchev–Trinajstić information content (AvgIpc) is 2.48. The van der Waals surface area contributed by atoms with Gasteiger partial charge in [-0.2, -0.15) is 0 Å². The Kier molecular flexibility index (Phi) is 5.27. The monoisotopic (exact) mass is 293 g/mol. The maximum absolute atomic E-state index is 11.7. The molecule has 0 unspecified atom stereocenters. The molecule has 1 aromatic rings. The van der Waals surface area contributed by atoms with E-state index in [1.807, 2.05) is 25.1 Å². The molecule has 0 aromatic heterocycles. The van der Waals surface area contributed by atoms with Gasteiger partial charge in [0.2, 0.25) is 0 Å². The Morgan fingerprint density at radius 2 is 2.00 bits per heavy atom. The molecule has 0 spiro atoms. The van der Waals surface area contributed by atoms with Crippen molar-refractivity contribution in [1.82, 2.24) is 9.80 Å². The molecule has 1 aliphatic rings. The highest BCUT2D eigenvalue weighted by molar-refractivity contribution is 5.67. The van der Waals surface area contributed by atoms with Crippen molar-refractivity contribution in [2.24, 2.45) is 0 Å². The molecule has 0 bridgehead atoms. The molecule has 0 saturated carbocycles. The van der Waals surface area contributed by atoms with Gasteiger partial charge in [0.15, 0.2) is 0 Å². The van der Waals surface area contributed by atoms with Crippen LogP contribution in [-0.4, -0.2) is 55.8 Å². The normalized spacial score (nSPS) is 15.8. The van der Waals surface area contributed by atoms with E-state index in [-0.39, 0.29) is 6.09 Å². The first-order valence-corrected chi connectivity index (χ1v) is 7.20. The summed E-state index contributed by atoms with van der Waals surface area (Å²) >= 11 is 0. The molecule has 1 saturated heterocycles. The lowest BCUT2D eigenvalue weighted by molar-refractivity contribution is 0.0776. The van der Waals surface area contributed by atoms with Crippen LogP contribution in [0.1, 0.15) is 12.5 Å². The molecule has 21 heavy (non-hydrogen) atoms. The molecule has 0 atom stereocenters. The Labute approximate surface area is 125 Å². The van der Waals surface area contributed by atoms with Gasteiger partial charge in [-0.25, -0.2) is 4.79 Å². The van der Waals surface area contributed by atoms with Crippen LogP contribution in [-0.2, 0) is 11.3 Å². The molecule has 1 heterocycles. The lowest BCUT2D eigenvalue weighted by atomic mass is 10.1. The van der Waals surface area contributed by atoms with E-state index in [9.17, 15) is 4.79 Å². The van der Waals surface area contributed by atoms with Crippen LogP contribution in [0, 0.1) is 0 Å². The third-order valence-electron chi connectivity index (χ3n) is 3.60. The summed E-state index contributed by atoms with van der Waals surface area (Å²) in [7, 11) is 1.66. The number of carbonyl (C=O) groups excluding carboxylic acids is 1. The quantitative estimate of drug-likeness (QED) is 0.853. The molecule has 0 aliphatic carbocycles. The van der Waals surface area contributed by atoms with Gasteiger partial charge in [0, 0.05) is 44.0 Å². The smallest absolute Gasteiger partial charge is 0.409 e. The second-order valence-electron chi connectivity index (χ2n) is 5.03. The molecule has 2 N–H and O–H groups in total. The number of nitrogens with two attached hydrogens (primary N) is 1. The largest absolute Gasteiger partial charge is 0.496 e. The van der Waals surface area contributed by atoms with Crippen molar-refractivity contribution in [3.8, 4) is 5.75 Å². The standard InChI is InChI=1S/C15H23N3O3/c1-3-21-15(19)18-8-6-17(7-9-18)11-12-10-13(16)4-5-14(12)20-2/h4-5,10H,3,6-9,11,16H2,1-2H3. The van der Waals surface area contributed by atoms with Crippen LogP contribution in [0.25, 0.3) is 0 Å². The topological polar surface area (TPSA) is 68.0 Å². The van der Waals surface area contributed by atoms with Gasteiger partial charge in [-0.05, 0) is 25.1 Å². The summed E-state index contributed by atoms with van der Waals surface area (Å²) in [6.07, 6.45) is -0.223. The van der Waals surface area contributed by atoms with E-state index >= 15 is 0 Å². The summed E-state index contributed by atoms with van der Waals surface area (Å²) in [6.45, 7) is 6.01. The second kappa shape index (κ2) is 7.17. The Hall–Kier alpha value is -1.95. The fourth-order valence-electron chi connectivity index (χ4n) is 2.47. The molecule has 1 aliphatic heterocycles. The van der Waals surface area contributed by atoms with Crippen LogP contribution < -0.4 is 10.5 Å². The SMILES string of the molecule is CCOC(=O)N1CCN(Cc2cc(N)ccc2OC)CC1. The number of hydrogen-bond donors (Lipinski definition) is 1. The lowest BCUT2D eigenvalue weighted by Crippen LogP contribution is -2.48. The maximum atomic E-state index is 11.7. The molecule has 2 rings (SSSR count). The number of nitrogens with zero attached hydrogens (tertiary/aromatic N) is 2. The molecular weight excluding hydrogens is 270 g/mol. The first-order valence-electron chi connectivity index (χ1n) is 7.20. The van der Waals surface area contributed by atoms with Gasteiger partial charge in [0.25, 0.3) is 0 Å². The lowest BCUT2D eigenvalue weighted by Gasteiger charge is -2.34. The van der Waals surface area contributed by atoms with Crippen molar-refractivity contribution in [2.75, 3.05) is 45.6 Å². The summed E-state index contributed by atoms with van der Waals surface area (Å²) in [5.41, 5.74) is 7.64. The fraction of sp³-hybridized carbons (Fsp3) is 0.533. The number of carbonyl (C=O) groups is 1. The van der Waals surface area contributed by atoms with Crippen molar-refractivity contribution in [3.63, 3.8) is 0 Å². The van der Waals surface area contributed by atoms with E-state index in [2.05, 4.69) is 4.90 Å². The third-order valence-corrected chi connectivity index (χ3v) is 3.60. The number of hydrogen-bond acceptors (Lipinski definition) is 5. The van der Waals surface area contributed by atoms with Crippen molar-refractivity contribution in [2.45, 2.75) is 13.5 Å². The molecule has 0 radical (unpaired) electrons. The molecule has 6 heteroatoms. The van der Waals surface area contributed by atoms with Crippen LogP contribution in [0.5, 0.6) is 5.75 Å². The molecule has 1 fully saturated rings. The summed E-state index contributed by atoms with van der Waals surface area (Å²) in [4.78, 5) is 15.7. The van der Waals surface area contributed by atoms with E-state index < -0.39 is 0 Å². The van der Waals surface area contributed by atoms with E-state index in [0.29, 0.717) is 19.7 Å². The minimum Gasteiger partial charge on any atom is -0.496 e. The van der Waals surface area contributed by atoms with Crippen molar-refractivity contribution < 1.29 is 14.3 Å². The highest BCUT2D eigenvalue weighted by atomic mass is 16.6. The van der Waals surface area contributed by atoms with E-state index in [1.165, 1.54) is 0 Å². The number of rotatable bonds is 4. The summed E-state index contributed by atoms with van der Waals surface area (Å²) < 4.78 is 10.4. The minimum atomic E-state index is -0.223. The van der Waals surface area contributed by atoms with Gasteiger partial charge < -0.3 is 20.1 Å². The Morgan fingerprint density at radius 3 is 2.62 bits per heavy atom. The first-order chi connectivity index (χ1) is 10.1. The van der Waals surface area contributed by atoms with Crippen LogP contribution in [0.15, 0.2) is 18.2 Å². The number of anilines is 1. The van der Waals surface area contributed by atoms with Crippen LogP contribution in [0.3, 0.4) is 0 Å². The van der Waals surface area contributed by atoms with Gasteiger partial charge in [0.1, 0.15) is 5.75 Å². The highest BCUT2D eigenvalue weighted by Gasteiger charge is 2.22. The maximum Gasteiger partial charge on any atom is 0.409 e. The van der Waals surface area contributed by atoms with Crippen molar-refractivity contribution in [3.05, 3.63) is 23.8 Å². The van der Waals surface area contributed by atoms with E-state index in [0.717, 1.165) is 36.6 Å². The summed E-state index contributed by atoms with van der Waals surface area (Å²) in [5, 5.41) is 0. The zero-order valence-electron chi connectivity index (χ0n) is 12.7. The van der Waals surface area contributed by atoms with Gasteiger partial charge >= 0.3 is 6.09 Å². The molecular formula is C15H23N3O3. The predicted octanol–water partition coefficient (Wildman–Crippen LogP) is 1.55. The summed E-state index contributed by atoms with van der Waals surface area (Å²) in [5.74, 6) is 0.844. The van der Waals surface area contributed by atoms with E-state index in [4.69, 9.17) is 15.2 Å². The number of piperazine rings is 1. The average molecular weight is 293 g/mol. The van der Waals surface area contributed by atoms with Crippen molar-refractivity contribution in [1.29, 1.82) is 0 Å². The number of methoxy groups -OCH3 is 1. The number of nitrogen functional groups attached to an aromatic ring is 1. The zero-order valence-corrected chi connectivity index (χ0v) is 12.7. The second-order valence-corrected chi connectivity index (χ2v) is 5.03. The molecule has 1 amide bonds. The summed E-state index contributed by atoms with van der Waals surface area (Å²) in [6, 6.07) is 5.66. The molecule has 6 nitrogen and oxygen atoms in total. The van der Waals surface area contributed by atoms with Crippen LogP contribution >= 0.6 is 0 Å².